The second kappa shape index (κ2) is 5.33. The number of benzene rings is 1. The summed E-state index contributed by atoms with van der Waals surface area (Å²) in [6.07, 6.45) is 1.37. The maximum atomic E-state index is 11.0. The van der Waals surface area contributed by atoms with E-state index < -0.39 is 5.97 Å². The van der Waals surface area contributed by atoms with Gasteiger partial charge in [0.25, 0.3) is 0 Å². The predicted octanol–water partition coefficient (Wildman–Crippen LogP) is 2.65. The van der Waals surface area contributed by atoms with Crippen LogP contribution in [0.4, 0.5) is 0 Å². The van der Waals surface area contributed by atoms with Crippen LogP contribution in [0, 0.1) is 6.92 Å². The minimum atomic E-state index is -1.06. The van der Waals surface area contributed by atoms with Crippen LogP contribution in [-0.2, 0) is 0 Å². The zero-order chi connectivity index (χ0) is 15.7. The molecule has 0 aliphatic rings. The first-order valence-corrected chi connectivity index (χ1v) is 6.60. The zero-order valence-electron chi connectivity index (χ0n) is 11.8. The van der Waals surface area contributed by atoms with Crippen LogP contribution in [0.25, 0.3) is 17.1 Å². The summed E-state index contributed by atoms with van der Waals surface area (Å²) in [6.45, 7) is 1.99. The van der Waals surface area contributed by atoms with Crippen molar-refractivity contribution in [3.8, 4) is 23.0 Å². The number of rotatable bonds is 3. The van der Waals surface area contributed by atoms with Crippen LogP contribution in [0.15, 0.2) is 48.7 Å². The van der Waals surface area contributed by atoms with Crippen LogP contribution in [-0.4, -0.2) is 30.9 Å². The molecule has 0 aliphatic heterocycles. The number of carboxylic acid groups (broad SMARTS) is 1. The van der Waals surface area contributed by atoms with Gasteiger partial charge in [-0.1, -0.05) is 29.8 Å². The molecule has 0 saturated heterocycles. The van der Waals surface area contributed by atoms with Crippen LogP contribution < -0.4 is 0 Å². The van der Waals surface area contributed by atoms with Gasteiger partial charge in [0.15, 0.2) is 5.82 Å². The Morgan fingerprint density at radius 3 is 2.55 bits per heavy atom. The van der Waals surface area contributed by atoms with Gasteiger partial charge in [-0.05, 0) is 19.1 Å². The summed E-state index contributed by atoms with van der Waals surface area (Å²) in [5.41, 5.74) is 2.65. The molecule has 1 aromatic carbocycles. The highest BCUT2D eigenvalue weighted by atomic mass is 16.4. The van der Waals surface area contributed by atoms with Gasteiger partial charge in [-0.15, -0.1) is 0 Å². The molecule has 0 radical (unpaired) electrons. The Morgan fingerprint density at radius 2 is 1.86 bits per heavy atom. The van der Waals surface area contributed by atoms with Crippen LogP contribution in [0.5, 0.6) is 5.88 Å². The molecule has 6 heteroatoms. The molecule has 3 rings (SSSR count). The Hall–Kier alpha value is -3.15. The SMILES string of the molecule is Cc1ccc(-c2cc(O)n(-c3cc(C(=O)O)ccn3)n2)cc1. The number of aryl methyl sites for hydroxylation is 1. The minimum absolute atomic E-state index is 0.0804. The Balaban J connectivity index is 2.04. The van der Waals surface area contributed by atoms with E-state index in [2.05, 4.69) is 10.1 Å². The first-order chi connectivity index (χ1) is 10.5. The van der Waals surface area contributed by atoms with E-state index in [4.69, 9.17) is 5.11 Å². The predicted molar refractivity (Wildman–Crippen MR) is 80.2 cm³/mol. The molecular weight excluding hydrogens is 282 g/mol. The van der Waals surface area contributed by atoms with Crippen molar-refractivity contribution in [1.82, 2.24) is 14.8 Å². The van der Waals surface area contributed by atoms with Gasteiger partial charge < -0.3 is 10.2 Å². The van der Waals surface area contributed by atoms with Crippen molar-refractivity contribution in [2.45, 2.75) is 6.92 Å². The van der Waals surface area contributed by atoms with E-state index in [0.29, 0.717) is 5.69 Å². The highest BCUT2D eigenvalue weighted by molar-refractivity contribution is 5.87. The summed E-state index contributed by atoms with van der Waals surface area (Å²) in [6, 6.07) is 12.0. The van der Waals surface area contributed by atoms with Crippen molar-refractivity contribution in [2.24, 2.45) is 0 Å². The molecular formula is C16H13N3O3. The fourth-order valence-corrected chi connectivity index (χ4v) is 2.07. The number of aromatic hydroxyl groups is 1. The topological polar surface area (TPSA) is 88.2 Å². The van der Waals surface area contributed by atoms with Crippen molar-refractivity contribution < 1.29 is 15.0 Å². The molecule has 0 amide bonds. The standard InChI is InChI=1S/C16H13N3O3/c1-10-2-4-11(5-3-10)13-9-15(20)19(18-13)14-8-12(16(21)22)6-7-17-14/h2-9,20H,1H3,(H,21,22). The lowest BCUT2D eigenvalue weighted by Gasteiger charge is -2.03. The molecule has 6 nitrogen and oxygen atoms in total. The molecule has 110 valence electrons. The van der Waals surface area contributed by atoms with Gasteiger partial charge >= 0.3 is 5.97 Å². The summed E-state index contributed by atoms with van der Waals surface area (Å²) in [4.78, 5) is 15.1. The van der Waals surface area contributed by atoms with Crippen molar-refractivity contribution >= 4 is 5.97 Å². The quantitative estimate of drug-likeness (QED) is 0.775. The summed E-state index contributed by atoms with van der Waals surface area (Å²) in [5, 5.41) is 23.3. The number of carbonyl (C=O) groups is 1. The number of aromatic nitrogens is 3. The molecule has 0 atom stereocenters. The van der Waals surface area contributed by atoms with Crippen LogP contribution in [0.3, 0.4) is 0 Å². The largest absolute Gasteiger partial charge is 0.493 e. The van der Waals surface area contributed by atoms with Gasteiger partial charge in [0.1, 0.15) is 0 Å². The zero-order valence-corrected chi connectivity index (χ0v) is 11.8. The van der Waals surface area contributed by atoms with Crippen LogP contribution >= 0.6 is 0 Å². The number of nitrogens with zero attached hydrogens (tertiary/aromatic N) is 3. The average molecular weight is 295 g/mol. The van der Waals surface area contributed by atoms with Crippen molar-refractivity contribution in [2.75, 3.05) is 0 Å². The molecule has 22 heavy (non-hydrogen) atoms. The Kier molecular flexibility index (Phi) is 3.34. The molecule has 2 N–H and O–H groups in total. The fraction of sp³-hybridized carbons (Fsp3) is 0.0625. The Bertz CT molecular complexity index is 838. The fourth-order valence-electron chi connectivity index (χ4n) is 2.07. The summed E-state index contributed by atoms with van der Waals surface area (Å²) >= 11 is 0. The first-order valence-electron chi connectivity index (χ1n) is 6.60. The maximum Gasteiger partial charge on any atom is 0.335 e. The van der Waals surface area contributed by atoms with Crippen LogP contribution in [0.2, 0.25) is 0 Å². The number of pyridine rings is 1. The van der Waals surface area contributed by atoms with Crippen molar-refractivity contribution in [3.05, 3.63) is 59.8 Å². The van der Waals surface area contributed by atoms with E-state index in [1.165, 1.54) is 29.1 Å². The summed E-state index contributed by atoms with van der Waals surface area (Å²) < 4.78 is 1.21. The molecule has 0 saturated carbocycles. The van der Waals surface area contributed by atoms with Gasteiger partial charge in [-0.2, -0.15) is 9.78 Å². The second-order valence-corrected chi connectivity index (χ2v) is 4.87. The van der Waals surface area contributed by atoms with E-state index in [1.54, 1.807) is 0 Å². The van der Waals surface area contributed by atoms with Crippen molar-refractivity contribution in [1.29, 1.82) is 0 Å². The van der Waals surface area contributed by atoms with E-state index >= 15 is 0 Å². The number of hydrogen-bond acceptors (Lipinski definition) is 4. The average Bonchev–Trinajstić information content (AvgIpc) is 2.90. The Labute approximate surface area is 126 Å². The lowest BCUT2D eigenvalue weighted by Crippen LogP contribution is -2.03. The third kappa shape index (κ3) is 2.54. The van der Waals surface area contributed by atoms with Crippen LogP contribution in [0.1, 0.15) is 15.9 Å². The number of aromatic carboxylic acids is 1. The first kappa shape index (κ1) is 13.8. The maximum absolute atomic E-state index is 11.0. The molecule has 2 heterocycles. The number of hydrogen-bond donors (Lipinski definition) is 2. The highest BCUT2D eigenvalue weighted by Gasteiger charge is 2.13. The van der Waals surface area contributed by atoms with Gasteiger partial charge in [0, 0.05) is 17.8 Å². The van der Waals surface area contributed by atoms with E-state index in [0.717, 1.165) is 11.1 Å². The van der Waals surface area contributed by atoms with Gasteiger partial charge in [0.2, 0.25) is 5.88 Å². The van der Waals surface area contributed by atoms with Gasteiger partial charge in [0.05, 0.1) is 11.3 Å². The molecule has 0 bridgehead atoms. The van der Waals surface area contributed by atoms with Crippen molar-refractivity contribution in [3.63, 3.8) is 0 Å². The van der Waals surface area contributed by atoms with E-state index in [9.17, 15) is 9.90 Å². The molecule has 0 fully saturated rings. The smallest absolute Gasteiger partial charge is 0.335 e. The Morgan fingerprint density at radius 1 is 1.14 bits per heavy atom. The highest BCUT2D eigenvalue weighted by Crippen LogP contribution is 2.25. The molecule has 0 spiro atoms. The molecule has 3 aromatic rings. The summed E-state index contributed by atoms with van der Waals surface area (Å²) in [5.74, 6) is -0.921. The molecule has 0 aliphatic carbocycles. The third-order valence-electron chi connectivity index (χ3n) is 3.25. The lowest BCUT2D eigenvalue weighted by molar-refractivity contribution is 0.0696. The minimum Gasteiger partial charge on any atom is -0.493 e. The third-order valence-corrected chi connectivity index (χ3v) is 3.25. The summed E-state index contributed by atoms with van der Waals surface area (Å²) in [7, 11) is 0. The van der Waals surface area contributed by atoms with E-state index in [-0.39, 0.29) is 17.3 Å². The van der Waals surface area contributed by atoms with Gasteiger partial charge in [-0.25, -0.2) is 9.78 Å². The lowest BCUT2D eigenvalue weighted by atomic mass is 10.1. The molecule has 0 unspecified atom stereocenters. The normalized spacial score (nSPS) is 10.6. The number of carboxylic acids is 1. The van der Waals surface area contributed by atoms with Gasteiger partial charge in [-0.3, -0.25) is 0 Å². The molecule has 2 aromatic heterocycles. The second-order valence-electron chi connectivity index (χ2n) is 4.87. The monoisotopic (exact) mass is 295 g/mol. The van der Waals surface area contributed by atoms with E-state index in [1.807, 2.05) is 31.2 Å².